The fourth-order valence-electron chi connectivity index (χ4n) is 7.79. The van der Waals surface area contributed by atoms with Crippen LogP contribution in [0, 0.1) is 29.1 Å². The minimum atomic E-state index is -1.04. The first-order valence-corrected chi connectivity index (χ1v) is 23.9. The largest absolute Gasteiger partial charge is 0.382 e. The summed E-state index contributed by atoms with van der Waals surface area (Å²) in [5.74, 6) is -5.37. The van der Waals surface area contributed by atoms with Gasteiger partial charge in [0.1, 0.15) is 30.2 Å². The molecule has 1 aromatic carbocycles. The van der Waals surface area contributed by atoms with Crippen LogP contribution in [0.25, 0.3) is 0 Å². The summed E-state index contributed by atoms with van der Waals surface area (Å²) in [4.78, 5) is 115. The first kappa shape index (κ1) is 56.5. The molecule has 0 aromatic heterocycles. The van der Waals surface area contributed by atoms with Gasteiger partial charge < -0.3 is 55.6 Å². The Morgan fingerprint density at radius 1 is 0.743 bits per heavy atom. The second kappa shape index (κ2) is 29.2. The van der Waals surface area contributed by atoms with Crippen molar-refractivity contribution in [1.29, 1.82) is 5.26 Å². The molecule has 3 aliphatic rings. The van der Waals surface area contributed by atoms with Crippen LogP contribution in [0.5, 0.6) is 0 Å². The number of nitrogens with one attached hydrogen (secondary N) is 7. The number of carbonyl (C=O) groups is 9. The standard InChI is InChI=1S/C47H69N9O14/c1-28(2)25-35(43(61)52-32(27-48)26-31-11-13-50-42(31)60)53-45(63)40(29(3)4)55-41(59)30(5)51-38(58)12-15-66-17-19-68-21-23-70-24-22-69-20-18-67-16-14-49-34-8-6-7-33-39(34)47(65)56(46(33)64)36-9-10-37(57)54-44(36)62/h6-8,28-32,35-36,40,49H,9-26H2,1-5H3,(H,50,60)(H,51,58)(H,52,61)(H,53,63)(H,55,59)(H,54,57,62)/t30-,31-,32-,35-,36?,40-/m0/s1. The van der Waals surface area contributed by atoms with Crippen molar-refractivity contribution in [2.45, 2.75) is 103 Å². The van der Waals surface area contributed by atoms with E-state index >= 15 is 0 Å². The van der Waals surface area contributed by atoms with Gasteiger partial charge in [0.15, 0.2) is 0 Å². The lowest BCUT2D eigenvalue weighted by Crippen LogP contribution is -2.58. The van der Waals surface area contributed by atoms with E-state index < -0.39 is 77.5 Å². The number of imide groups is 2. The molecular weight excluding hydrogens is 915 g/mol. The zero-order valence-corrected chi connectivity index (χ0v) is 40.7. The van der Waals surface area contributed by atoms with Gasteiger partial charge in [-0.1, -0.05) is 33.8 Å². The Kier molecular flexibility index (Phi) is 23.6. The summed E-state index contributed by atoms with van der Waals surface area (Å²) < 4.78 is 27.6. The van der Waals surface area contributed by atoms with Crippen LogP contribution >= 0.6 is 0 Å². The van der Waals surface area contributed by atoms with E-state index in [-0.39, 0.29) is 86.7 Å². The summed E-state index contributed by atoms with van der Waals surface area (Å²) in [5, 5.41) is 28.3. The SMILES string of the molecule is CC(C)C[C@H](NC(=O)[C@@H](NC(=O)[C@H](C)NC(=O)CCOCCOCCOCCOCCOCCNc1cccc2c1C(=O)N(C1CCC(=O)NC1=O)C2=O)C(C)C)C(=O)N[C@H](C#N)C[C@@H]1CCNC1=O. The van der Waals surface area contributed by atoms with Crippen LogP contribution in [0.1, 0.15) is 93.9 Å². The third-order valence-electron chi connectivity index (χ3n) is 11.5. The molecule has 0 aliphatic carbocycles. The van der Waals surface area contributed by atoms with Crippen molar-refractivity contribution in [3.05, 3.63) is 29.3 Å². The van der Waals surface area contributed by atoms with Crippen molar-refractivity contribution in [2.75, 3.05) is 84.5 Å². The molecule has 386 valence electrons. The Morgan fingerprint density at radius 3 is 1.94 bits per heavy atom. The lowest BCUT2D eigenvalue weighted by Gasteiger charge is -2.27. The van der Waals surface area contributed by atoms with Gasteiger partial charge in [-0.15, -0.1) is 0 Å². The number of piperidine rings is 1. The molecular formula is C47H69N9O14. The van der Waals surface area contributed by atoms with Crippen LogP contribution in [-0.2, 0) is 57.2 Å². The lowest BCUT2D eigenvalue weighted by molar-refractivity contribution is -0.136. The maximum absolute atomic E-state index is 13.4. The highest BCUT2D eigenvalue weighted by Crippen LogP contribution is 2.32. The minimum Gasteiger partial charge on any atom is -0.382 e. The second-order valence-electron chi connectivity index (χ2n) is 17.8. The van der Waals surface area contributed by atoms with Crippen LogP contribution in [-0.4, -0.2) is 167 Å². The quantitative estimate of drug-likeness (QED) is 0.0360. The third-order valence-corrected chi connectivity index (χ3v) is 11.5. The monoisotopic (exact) mass is 983 g/mol. The molecule has 1 unspecified atom stereocenters. The Morgan fingerprint density at radius 2 is 1.37 bits per heavy atom. The first-order valence-electron chi connectivity index (χ1n) is 23.9. The van der Waals surface area contributed by atoms with E-state index in [1.54, 1.807) is 26.0 Å². The fraction of sp³-hybridized carbons (Fsp3) is 0.660. The number of nitrogens with zero attached hydrogens (tertiary/aromatic N) is 2. The van der Waals surface area contributed by atoms with Gasteiger partial charge in [0.05, 0.1) is 83.3 Å². The van der Waals surface area contributed by atoms with Crippen molar-refractivity contribution in [3.8, 4) is 6.07 Å². The molecule has 0 bridgehead atoms. The molecule has 9 amide bonds. The number of anilines is 1. The number of ether oxygens (including phenoxy) is 5. The number of fused-ring (bicyclic) bond motifs is 1. The topological polar surface area (TPSA) is 311 Å². The number of amides is 9. The van der Waals surface area contributed by atoms with E-state index in [4.69, 9.17) is 23.7 Å². The van der Waals surface area contributed by atoms with Gasteiger partial charge in [-0.05, 0) is 56.6 Å². The molecule has 3 heterocycles. The summed E-state index contributed by atoms with van der Waals surface area (Å²) in [5.41, 5.74) is 0.812. The molecule has 7 N–H and O–H groups in total. The number of hydrogen-bond donors (Lipinski definition) is 7. The van der Waals surface area contributed by atoms with Crippen LogP contribution in [0.15, 0.2) is 18.2 Å². The van der Waals surface area contributed by atoms with Crippen LogP contribution < -0.4 is 37.2 Å². The van der Waals surface area contributed by atoms with Crippen molar-refractivity contribution >= 4 is 58.9 Å². The van der Waals surface area contributed by atoms with E-state index in [0.717, 1.165) is 4.90 Å². The van der Waals surface area contributed by atoms with Crippen molar-refractivity contribution in [3.63, 3.8) is 0 Å². The summed E-state index contributed by atoms with van der Waals surface area (Å²) >= 11 is 0. The average molecular weight is 984 g/mol. The maximum Gasteiger partial charge on any atom is 0.264 e. The van der Waals surface area contributed by atoms with Gasteiger partial charge in [0, 0.05) is 37.5 Å². The van der Waals surface area contributed by atoms with Gasteiger partial charge in [-0.3, -0.25) is 53.4 Å². The molecule has 1 aromatic rings. The van der Waals surface area contributed by atoms with Crippen LogP contribution in [0.4, 0.5) is 5.69 Å². The number of rotatable bonds is 32. The molecule has 23 heteroatoms. The molecule has 0 saturated carbocycles. The van der Waals surface area contributed by atoms with Crippen LogP contribution in [0.3, 0.4) is 0 Å². The van der Waals surface area contributed by atoms with E-state index in [1.807, 2.05) is 19.9 Å². The summed E-state index contributed by atoms with van der Waals surface area (Å²) in [7, 11) is 0. The Hall–Kier alpha value is -6.06. The molecule has 2 saturated heterocycles. The highest BCUT2D eigenvalue weighted by molar-refractivity contribution is 6.25. The van der Waals surface area contributed by atoms with Gasteiger partial charge in [-0.25, -0.2) is 0 Å². The molecule has 4 rings (SSSR count). The smallest absolute Gasteiger partial charge is 0.264 e. The number of benzene rings is 1. The first-order chi connectivity index (χ1) is 33.5. The average Bonchev–Trinajstić information content (AvgIpc) is 3.84. The highest BCUT2D eigenvalue weighted by Gasteiger charge is 2.45. The molecule has 2 fully saturated rings. The minimum absolute atomic E-state index is 0.000745. The second-order valence-corrected chi connectivity index (χ2v) is 17.8. The summed E-state index contributed by atoms with van der Waals surface area (Å²) in [6, 6.07) is 1.91. The van der Waals surface area contributed by atoms with Gasteiger partial charge in [0.25, 0.3) is 11.8 Å². The number of carbonyl (C=O) groups excluding carboxylic acids is 9. The maximum atomic E-state index is 13.4. The zero-order valence-electron chi connectivity index (χ0n) is 40.7. The molecule has 0 spiro atoms. The van der Waals surface area contributed by atoms with Gasteiger partial charge in [0.2, 0.25) is 41.4 Å². The Bertz CT molecular complexity index is 2040. The van der Waals surface area contributed by atoms with Crippen LogP contribution in [0.2, 0.25) is 0 Å². The van der Waals surface area contributed by atoms with E-state index in [9.17, 15) is 48.4 Å². The lowest BCUT2D eigenvalue weighted by atomic mass is 9.97. The molecule has 3 aliphatic heterocycles. The summed E-state index contributed by atoms with van der Waals surface area (Å²) in [6.45, 7) is 12.4. The number of hydrogen-bond acceptors (Lipinski definition) is 16. The Labute approximate surface area is 407 Å². The Balaban J connectivity index is 0.988. The molecule has 0 radical (unpaired) electrons. The number of nitriles is 1. The third kappa shape index (κ3) is 17.7. The summed E-state index contributed by atoms with van der Waals surface area (Å²) in [6.07, 6.45) is 1.09. The highest BCUT2D eigenvalue weighted by atomic mass is 16.6. The zero-order chi connectivity index (χ0) is 51.2. The van der Waals surface area contributed by atoms with Gasteiger partial charge in [-0.2, -0.15) is 5.26 Å². The van der Waals surface area contributed by atoms with E-state index in [0.29, 0.717) is 71.4 Å². The normalized spacial score (nSPS) is 18.4. The van der Waals surface area contributed by atoms with E-state index in [2.05, 4.69) is 37.2 Å². The van der Waals surface area contributed by atoms with Crippen molar-refractivity contribution in [2.24, 2.45) is 17.8 Å². The van der Waals surface area contributed by atoms with Crippen molar-refractivity contribution < 1.29 is 66.8 Å². The molecule has 70 heavy (non-hydrogen) atoms. The van der Waals surface area contributed by atoms with E-state index in [1.165, 1.54) is 13.0 Å². The van der Waals surface area contributed by atoms with Crippen molar-refractivity contribution in [1.82, 2.24) is 36.8 Å². The fourth-order valence-corrected chi connectivity index (χ4v) is 7.79. The molecule has 6 atom stereocenters. The van der Waals surface area contributed by atoms with Gasteiger partial charge >= 0.3 is 0 Å². The molecule has 23 nitrogen and oxygen atoms in total. The predicted molar refractivity (Wildman–Crippen MR) is 249 cm³/mol. The predicted octanol–water partition coefficient (Wildman–Crippen LogP) is -0.316.